The fraction of sp³-hybridized carbons (Fsp3) is 0.583. The second-order valence-electron chi connectivity index (χ2n) is 5.37. The maximum Gasteiger partial charge on any atom is 0.196 e. The smallest absolute Gasteiger partial charge is 0.196 e. The molecule has 0 bridgehead atoms. The van der Waals surface area contributed by atoms with Crippen molar-refractivity contribution in [1.82, 2.24) is 19.8 Å². The number of H-pyrrole nitrogens is 1. The zero-order valence-corrected chi connectivity index (χ0v) is 12.1. The van der Waals surface area contributed by atoms with E-state index in [1.807, 2.05) is 20.8 Å². The summed E-state index contributed by atoms with van der Waals surface area (Å²) in [5, 5.41) is 11.9. The van der Waals surface area contributed by atoms with Crippen LogP contribution in [0.4, 0.5) is 0 Å². The number of Topliss-reactive ketones (excluding diaryl/α,β-unsaturated/α-hetero) is 1. The van der Waals surface area contributed by atoms with Crippen LogP contribution in [0.5, 0.6) is 0 Å². The van der Waals surface area contributed by atoms with Crippen molar-refractivity contribution in [2.45, 2.75) is 39.0 Å². The quantitative estimate of drug-likeness (QED) is 0.872. The van der Waals surface area contributed by atoms with Crippen molar-refractivity contribution in [3.05, 3.63) is 16.5 Å². The molecule has 0 atom stereocenters. The molecule has 2 heterocycles. The number of nitrogens with one attached hydrogen (secondary N) is 1. The van der Waals surface area contributed by atoms with Crippen LogP contribution < -0.4 is 5.73 Å². The molecule has 19 heavy (non-hydrogen) atoms. The van der Waals surface area contributed by atoms with E-state index >= 15 is 0 Å². The summed E-state index contributed by atoms with van der Waals surface area (Å²) in [6.07, 6.45) is 0.760. The molecular weight excluding hydrogens is 266 g/mol. The van der Waals surface area contributed by atoms with E-state index in [2.05, 4.69) is 15.3 Å². The molecule has 0 saturated heterocycles. The van der Waals surface area contributed by atoms with Crippen LogP contribution in [0.3, 0.4) is 0 Å². The Labute approximate surface area is 116 Å². The molecule has 3 N–H and O–H groups in total. The van der Waals surface area contributed by atoms with Gasteiger partial charge in [0.1, 0.15) is 10.8 Å². The summed E-state index contributed by atoms with van der Waals surface area (Å²) in [5.41, 5.74) is 6.40. The number of hydrogen-bond donors (Lipinski definition) is 2. The van der Waals surface area contributed by atoms with Crippen molar-refractivity contribution in [3.63, 3.8) is 0 Å². The number of carbonyl (C=O) groups is 1. The largest absolute Gasteiger partial charge is 0.330 e. The van der Waals surface area contributed by atoms with Gasteiger partial charge in [-0.1, -0.05) is 25.4 Å². The van der Waals surface area contributed by atoms with Crippen LogP contribution >= 0.6 is 11.6 Å². The molecule has 0 fully saturated rings. The summed E-state index contributed by atoms with van der Waals surface area (Å²) >= 11 is 6.12. The Morgan fingerprint density at radius 1 is 1.47 bits per heavy atom. The molecule has 6 nitrogen and oxygen atoms in total. The number of aromatic nitrogens is 4. The molecular formula is C12H18ClN5O. The van der Waals surface area contributed by atoms with Crippen LogP contribution in [0.25, 0.3) is 5.65 Å². The lowest BCUT2D eigenvalue weighted by atomic mass is 9.86. The molecule has 0 aliphatic rings. The SMILES string of the molecule is Cc1[nH]n2c(C(C)(C)CC(=O)CCN)nnc2c1Cl. The Hall–Kier alpha value is -1.40. The van der Waals surface area contributed by atoms with Gasteiger partial charge >= 0.3 is 0 Å². The van der Waals surface area contributed by atoms with Crippen LogP contribution in [-0.2, 0) is 10.2 Å². The zero-order chi connectivity index (χ0) is 14.2. The number of aromatic amines is 1. The molecule has 2 aromatic rings. The predicted octanol–water partition coefficient (Wildman–Crippen LogP) is 1.60. The summed E-state index contributed by atoms with van der Waals surface area (Å²) in [5.74, 6) is 0.821. The first-order valence-electron chi connectivity index (χ1n) is 6.18. The minimum Gasteiger partial charge on any atom is -0.330 e. The van der Waals surface area contributed by atoms with Gasteiger partial charge in [-0.15, -0.1) is 10.2 Å². The van der Waals surface area contributed by atoms with E-state index < -0.39 is 5.41 Å². The van der Waals surface area contributed by atoms with E-state index in [9.17, 15) is 4.79 Å². The fourth-order valence-electron chi connectivity index (χ4n) is 2.18. The average Bonchev–Trinajstić information content (AvgIpc) is 2.81. The number of nitrogens with two attached hydrogens (primary N) is 1. The second kappa shape index (κ2) is 4.94. The standard InChI is InChI=1S/C12H18ClN5O/c1-7-9(13)10-15-16-11(18(10)17-7)12(2,3)6-8(19)4-5-14/h17H,4-6,14H2,1-3H3. The Bertz CT molecular complexity index is 613. The molecule has 0 saturated carbocycles. The van der Waals surface area contributed by atoms with E-state index in [0.29, 0.717) is 35.9 Å². The number of fused-ring (bicyclic) bond motifs is 1. The molecule has 0 amide bonds. The van der Waals surface area contributed by atoms with Gasteiger partial charge in [-0.3, -0.25) is 9.89 Å². The van der Waals surface area contributed by atoms with Crippen molar-refractivity contribution in [2.24, 2.45) is 5.73 Å². The van der Waals surface area contributed by atoms with Crippen LogP contribution in [0.15, 0.2) is 0 Å². The third kappa shape index (κ3) is 2.50. The first-order chi connectivity index (χ1) is 8.86. The van der Waals surface area contributed by atoms with Gasteiger partial charge in [0.2, 0.25) is 0 Å². The van der Waals surface area contributed by atoms with Gasteiger partial charge in [-0.05, 0) is 13.5 Å². The van der Waals surface area contributed by atoms with Crippen molar-refractivity contribution in [3.8, 4) is 0 Å². The Morgan fingerprint density at radius 3 is 2.79 bits per heavy atom. The van der Waals surface area contributed by atoms with Crippen molar-refractivity contribution in [2.75, 3.05) is 6.54 Å². The number of hydrogen-bond acceptors (Lipinski definition) is 4. The lowest BCUT2D eigenvalue weighted by molar-refractivity contribution is -0.119. The lowest BCUT2D eigenvalue weighted by Gasteiger charge is -2.21. The number of aryl methyl sites for hydroxylation is 1. The van der Waals surface area contributed by atoms with Crippen molar-refractivity contribution in [1.29, 1.82) is 0 Å². The fourth-order valence-corrected chi connectivity index (χ4v) is 2.34. The van der Waals surface area contributed by atoms with Gasteiger partial charge in [-0.25, -0.2) is 4.52 Å². The predicted molar refractivity (Wildman–Crippen MR) is 73.4 cm³/mol. The molecule has 104 valence electrons. The number of nitrogens with zero attached hydrogens (tertiary/aromatic N) is 3. The second-order valence-corrected chi connectivity index (χ2v) is 5.75. The van der Waals surface area contributed by atoms with Crippen LogP contribution in [0.1, 0.15) is 38.2 Å². The summed E-state index contributed by atoms with van der Waals surface area (Å²) in [7, 11) is 0. The van der Waals surface area contributed by atoms with Gasteiger partial charge in [0.05, 0.1) is 5.69 Å². The van der Waals surface area contributed by atoms with E-state index in [4.69, 9.17) is 17.3 Å². The van der Waals surface area contributed by atoms with Crippen molar-refractivity contribution >= 4 is 23.0 Å². The van der Waals surface area contributed by atoms with Gasteiger partial charge in [0, 0.05) is 18.3 Å². The van der Waals surface area contributed by atoms with E-state index in [0.717, 1.165) is 5.69 Å². The van der Waals surface area contributed by atoms with Gasteiger partial charge in [0.15, 0.2) is 11.5 Å². The number of ketones is 1. The molecule has 0 aliphatic heterocycles. The summed E-state index contributed by atoms with van der Waals surface area (Å²) < 4.78 is 1.74. The maximum atomic E-state index is 11.8. The minimum absolute atomic E-state index is 0.124. The number of halogens is 1. The summed E-state index contributed by atoms with van der Waals surface area (Å²) in [4.78, 5) is 11.8. The Balaban J connectivity index is 2.37. The highest BCUT2D eigenvalue weighted by molar-refractivity contribution is 6.34. The third-order valence-corrected chi connectivity index (χ3v) is 3.59. The third-order valence-electron chi connectivity index (χ3n) is 3.14. The maximum absolute atomic E-state index is 11.8. The van der Waals surface area contributed by atoms with E-state index in [-0.39, 0.29) is 5.78 Å². The number of carbonyl (C=O) groups excluding carboxylic acids is 1. The molecule has 0 aliphatic carbocycles. The van der Waals surface area contributed by atoms with E-state index in [1.54, 1.807) is 4.52 Å². The molecule has 7 heteroatoms. The molecule has 2 rings (SSSR count). The molecule has 0 spiro atoms. The molecule has 2 aromatic heterocycles. The highest BCUT2D eigenvalue weighted by Crippen LogP contribution is 2.29. The first-order valence-corrected chi connectivity index (χ1v) is 6.56. The Morgan fingerprint density at radius 2 is 2.16 bits per heavy atom. The molecule has 0 unspecified atom stereocenters. The van der Waals surface area contributed by atoms with Crippen LogP contribution in [-0.4, -0.2) is 32.1 Å². The van der Waals surface area contributed by atoms with Gasteiger partial charge < -0.3 is 5.73 Å². The normalized spacial score (nSPS) is 12.3. The highest BCUT2D eigenvalue weighted by atomic mass is 35.5. The minimum atomic E-state index is -0.424. The Kier molecular flexibility index (Phi) is 3.64. The summed E-state index contributed by atoms with van der Waals surface area (Å²) in [6, 6.07) is 0. The lowest BCUT2D eigenvalue weighted by Crippen LogP contribution is -2.26. The van der Waals surface area contributed by atoms with Gasteiger partial charge in [0.25, 0.3) is 0 Å². The molecule has 0 aromatic carbocycles. The van der Waals surface area contributed by atoms with Crippen molar-refractivity contribution < 1.29 is 4.79 Å². The van der Waals surface area contributed by atoms with Crippen LogP contribution in [0, 0.1) is 6.92 Å². The average molecular weight is 284 g/mol. The van der Waals surface area contributed by atoms with Gasteiger partial charge in [-0.2, -0.15) is 0 Å². The zero-order valence-electron chi connectivity index (χ0n) is 11.3. The monoisotopic (exact) mass is 283 g/mol. The highest BCUT2D eigenvalue weighted by Gasteiger charge is 2.30. The number of rotatable bonds is 5. The topological polar surface area (TPSA) is 89.1 Å². The molecule has 0 radical (unpaired) electrons. The first kappa shape index (κ1) is 14.0. The van der Waals surface area contributed by atoms with E-state index in [1.165, 1.54) is 0 Å². The van der Waals surface area contributed by atoms with Crippen LogP contribution in [0.2, 0.25) is 5.02 Å². The summed E-state index contributed by atoms with van der Waals surface area (Å²) in [6.45, 7) is 6.16.